The molecule has 1 heterocycles. The lowest BCUT2D eigenvalue weighted by Crippen LogP contribution is -2.43. The molecule has 1 aromatic carbocycles. The maximum Gasteiger partial charge on any atom is 0.191 e. The van der Waals surface area contributed by atoms with Crippen molar-refractivity contribution in [1.29, 1.82) is 0 Å². The Morgan fingerprint density at radius 1 is 1.20 bits per heavy atom. The minimum absolute atomic E-state index is 0.310. The van der Waals surface area contributed by atoms with E-state index in [1.165, 1.54) is 11.1 Å². The van der Waals surface area contributed by atoms with Crippen LogP contribution in [0.4, 0.5) is 0 Å². The molecule has 0 aliphatic rings. The zero-order valence-corrected chi connectivity index (χ0v) is 16.0. The van der Waals surface area contributed by atoms with E-state index in [0.29, 0.717) is 12.0 Å². The second-order valence-electron chi connectivity index (χ2n) is 6.66. The molecule has 0 bridgehead atoms. The van der Waals surface area contributed by atoms with Crippen LogP contribution in [0.15, 0.2) is 39.8 Å². The monoisotopic (exact) mass is 342 g/mol. The van der Waals surface area contributed by atoms with Gasteiger partial charge in [-0.15, -0.1) is 0 Å². The molecule has 0 spiro atoms. The second kappa shape index (κ2) is 9.25. The highest BCUT2D eigenvalue weighted by molar-refractivity contribution is 5.80. The first-order chi connectivity index (χ1) is 12.0. The summed E-state index contributed by atoms with van der Waals surface area (Å²) in [5.74, 6) is 2.04. The summed E-state index contributed by atoms with van der Waals surface area (Å²) in [6.45, 7) is 9.10. The number of aryl methyl sites for hydroxylation is 3. The van der Waals surface area contributed by atoms with Gasteiger partial charge >= 0.3 is 0 Å². The van der Waals surface area contributed by atoms with Crippen molar-refractivity contribution in [3.8, 4) is 0 Å². The zero-order valence-electron chi connectivity index (χ0n) is 16.0. The summed E-state index contributed by atoms with van der Waals surface area (Å²) in [6, 6.07) is 10.9. The smallest absolute Gasteiger partial charge is 0.191 e. The summed E-state index contributed by atoms with van der Waals surface area (Å²) in [4.78, 5) is 4.34. The SMILES string of the molecule is CN=C(NCC(C)c1c(C)noc1C)NC(C)CCc1ccccc1. The third-order valence-electron chi connectivity index (χ3n) is 4.47. The molecule has 136 valence electrons. The molecule has 0 saturated carbocycles. The lowest BCUT2D eigenvalue weighted by atomic mass is 10.00. The number of benzene rings is 1. The molecule has 1 aromatic heterocycles. The summed E-state index contributed by atoms with van der Waals surface area (Å²) >= 11 is 0. The largest absolute Gasteiger partial charge is 0.361 e. The highest BCUT2D eigenvalue weighted by atomic mass is 16.5. The van der Waals surface area contributed by atoms with Crippen molar-refractivity contribution in [3.05, 3.63) is 52.9 Å². The summed E-state index contributed by atoms with van der Waals surface area (Å²) in [5, 5.41) is 10.9. The van der Waals surface area contributed by atoms with Crippen molar-refractivity contribution >= 4 is 5.96 Å². The van der Waals surface area contributed by atoms with Crippen LogP contribution in [0.1, 0.15) is 48.8 Å². The van der Waals surface area contributed by atoms with Gasteiger partial charge in [-0.3, -0.25) is 4.99 Å². The number of rotatable bonds is 7. The number of guanidine groups is 1. The van der Waals surface area contributed by atoms with Crippen LogP contribution in [0, 0.1) is 13.8 Å². The Hall–Kier alpha value is -2.30. The van der Waals surface area contributed by atoms with E-state index in [-0.39, 0.29) is 0 Å². The van der Waals surface area contributed by atoms with E-state index in [0.717, 1.165) is 36.8 Å². The molecule has 0 saturated heterocycles. The summed E-state index contributed by atoms with van der Waals surface area (Å²) < 4.78 is 5.26. The van der Waals surface area contributed by atoms with Gasteiger partial charge in [-0.25, -0.2) is 0 Å². The summed E-state index contributed by atoms with van der Waals surface area (Å²) in [5.41, 5.74) is 3.51. The normalized spacial score (nSPS) is 14.2. The molecular formula is C20H30N4O. The molecule has 5 heteroatoms. The third-order valence-corrected chi connectivity index (χ3v) is 4.47. The van der Waals surface area contributed by atoms with Crippen LogP contribution >= 0.6 is 0 Å². The van der Waals surface area contributed by atoms with Crippen molar-refractivity contribution in [2.24, 2.45) is 4.99 Å². The van der Waals surface area contributed by atoms with E-state index in [1.54, 1.807) is 7.05 Å². The van der Waals surface area contributed by atoms with E-state index >= 15 is 0 Å². The van der Waals surface area contributed by atoms with Crippen LogP contribution in [0.25, 0.3) is 0 Å². The van der Waals surface area contributed by atoms with E-state index in [9.17, 15) is 0 Å². The Morgan fingerprint density at radius 2 is 1.92 bits per heavy atom. The molecule has 2 aromatic rings. The standard InChI is InChI=1S/C20H30N4O/c1-14(19-16(3)24-25-17(19)4)13-22-20(21-5)23-15(2)11-12-18-9-7-6-8-10-18/h6-10,14-15H,11-13H2,1-5H3,(H2,21,22,23). The highest BCUT2D eigenvalue weighted by Gasteiger charge is 2.17. The molecule has 2 unspecified atom stereocenters. The van der Waals surface area contributed by atoms with Gasteiger partial charge in [0.1, 0.15) is 5.76 Å². The van der Waals surface area contributed by atoms with E-state index < -0.39 is 0 Å². The minimum atomic E-state index is 0.310. The number of aromatic nitrogens is 1. The first kappa shape index (κ1) is 19.0. The molecular weight excluding hydrogens is 312 g/mol. The van der Waals surface area contributed by atoms with Gasteiger partial charge < -0.3 is 15.2 Å². The van der Waals surface area contributed by atoms with Crippen LogP contribution in [0.5, 0.6) is 0 Å². The van der Waals surface area contributed by atoms with E-state index in [2.05, 4.69) is 65.0 Å². The fourth-order valence-corrected chi connectivity index (χ4v) is 3.07. The zero-order chi connectivity index (χ0) is 18.2. The maximum atomic E-state index is 5.26. The number of hydrogen-bond donors (Lipinski definition) is 2. The molecule has 0 amide bonds. The fourth-order valence-electron chi connectivity index (χ4n) is 3.07. The number of nitrogens with one attached hydrogen (secondary N) is 2. The number of nitrogens with zero attached hydrogens (tertiary/aromatic N) is 2. The van der Waals surface area contributed by atoms with Gasteiger partial charge in [0.15, 0.2) is 5.96 Å². The van der Waals surface area contributed by atoms with Gasteiger partial charge in [0.05, 0.1) is 5.69 Å². The average Bonchev–Trinajstić information content (AvgIpc) is 2.96. The van der Waals surface area contributed by atoms with Gasteiger partial charge in [0, 0.05) is 31.1 Å². The molecule has 5 nitrogen and oxygen atoms in total. The molecule has 0 radical (unpaired) electrons. The van der Waals surface area contributed by atoms with Crippen molar-refractivity contribution < 1.29 is 4.52 Å². The van der Waals surface area contributed by atoms with Gasteiger partial charge in [-0.1, -0.05) is 42.4 Å². The Kier molecular flexibility index (Phi) is 7.04. The Bertz CT molecular complexity index is 659. The molecule has 0 fully saturated rings. The first-order valence-corrected chi connectivity index (χ1v) is 8.95. The number of aliphatic imine (C=N–C) groups is 1. The Morgan fingerprint density at radius 3 is 2.52 bits per heavy atom. The lowest BCUT2D eigenvalue weighted by molar-refractivity contribution is 0.391. The molecule has 0 aliphatic heterocycles. The highest BCUT2D eigenvalue weighted by Crippen LogP contribution is 2.22. The van der Waals surface area contributed by atoms with Crippen LogP contribution in [-0.2, 0) is 6.42 Å². The van der Waals surface area contributed by atoms with Crippen LogP contribution in [-0.4, -0.2) is 30.8 Å². The molecule has 2 rings (SSSR count). The predicted molar refractivity (Wildman–Crippen MR) is 103 cm³/mol. The van der Waals surface area contributed by atoms with Gasteiger partial charge in [-0.05, 0) is 39.2 Å². The van der Waals surface area contributed by atoms with Crippen molar-refractivity contribution in [3.63, 3.8) is 0 Å². The first-order valence-electron chi connectivity index (χ1n) is 8.95. The van der Waals surface area contributed by atoms with Crippen molar-refractivity contribution in [2.45, 2.75) is 52.5 Å². The fraction of sp³-hybridized carbons (Fsp3) is 0.500. The van der Waals surface area contributed by atoms with Crippen LogP contribution < -0.4 is 10.6 Å². The van der Waals surface area contributed by atoms with Crippen LogP contribution in [0.2, 0.25) is 0 Å². The quantitative estimate of drug-likeness (QED) is 0.596. The molecule has 25 heavy (non-hydrogen) atoms. The minimum Gasteiger partial charge on any atom is -0.361 e. The van der Waals surface area contributed by atoms with Crippen LogP contribution in [0.3, 0.4) is 0 Å². The van der Waals surface area contributed by atoms with Gasteiger partial charge in [-0.2, -0.15) is 0 Å². The molecule has 0 aliphatic carbocycles. The van der Waals surface area contributed by atoms with Gasteiger partial charge in [0.25, 0.3) is 0 Å². The van der Waals surface area contributed by atoms with Gasteiger partial charge in [0.2, 0.25) is 0 Å². The summed E-state index contributed by atoms with van der Waals surface area (Å²) in [6.07, 6.45) is 2.12. The summed E-state index contributed by atoms with van der Waals surface area (Å²) in [7, 11) is 1.81. The maximum absolute atomic E-state index is 5.26. The third kappa shape index (κ3) is 5.62. The molecule has 2 N–H and O–H groups in total. The topological polar surface area (TPSA) is 62.5 Å². The molecule has 2 atom stereocenters. The van der Waals surface area contributed by atoms with Crippen molar-refractivity contribution in [2.75, 3.05) is 13.6 Å². The Labute approximate surface area is 150 Å². The average molecular weight is 342 g/mol. The Balaban J connectivity index is 1.80. The van der Waals surface area contributed by atoms with Crippen molar-refractivity contribution in [1.82, 2.24) is 15.8 Å². The predicted octanol–water partition coefficient (Wildman–Crippen LogP) is 3.58. The number of hydrogen-bond acceptors (Lipinski definition) is 3. The second-order valence-corrected chi connectivity index (χ2v) is 6.66. The van der Waals surface area contributed by atoms with E-state index in [1.807, 2.05) is 13.8 Å². The lowest BCUT2D eigenvalue weighted by Gasteiger charge is -2.20. The van der Waals surface area contributed by atoms with E-state index in [4.69, 9.17) is 4.52 Å².